The zero-order chi connectivity index (χ0) is 24.5. The first-order chi connectivity index (χ1) is 16.0. The summed E-state index contributed by atoms with van der Waals surface area (Å²) in [4.78, 5) is 24.4. The summed E-state index contributed by atoms with van der Waals surface area (Å²) in [7, 11) is 0. The predicted octanol–water partition coefficient (Wildman–Crippen LogP) is 3.82. The lowest BCUT2D eigenvalue weighted by Crippen LogP contribution is -2.58. The lowest BCUT2D eigenvalue weighted by atomic mass is 9.90. The molecule has 0 aromatic carbocycles. The van der Waals surface area contributed by atoms with E-state index in [-0.39, 0.29) is 35.9 Å². The molecule has 7 atom stereocenters. The van der Waals surface area contributed by atoms with Crippen molar-refractivity contribution in [2.45, 2.75) is 108 Å². The number of thioether (sulfide) groups is 1. The fourth-order valence-corrected chi connectivity index (χ4v) is 6.03. The van der Waals surface area contributed by atoms with E-state index in [9.17, 15) is 14.7 Å². The van der Waals surface area contributed by atoms with Gasteiger partial charge in [-0.3, -0.25) is 4.79 Å². The minimum absolute atomic E-state index is 0.0806. The summed E-state index contributed by atoms with van der Waals surface area (Å²) < 4.78 is 24.1. The molecule has 4 heterocycles. The molecule has 4 aliphatic rings. The number of nitrogens with one attached hydrogen (secondary N) is 1. The molecule has 34 heavy (non-hydrogen) atoms. The summed E-state index contributed by atoms with van der Waals surface area (Å²) in [6, 6.07) is -0.533. The Morgan fingerprint density at radius 1 is 1.09 bits per heavy atom. The molecule has 0 aliphatic carbocycles. The van der Waals surface area contributed by atoms with Crippen LogP contribution in [0.25, 0.3) is 0 Å². The Hall–Kier alpha value is -1.39. The molecule has 190 valence electrons. The van der Waals surface area contributed by atoms with E-state index < -0.39 is 29.7 Å². The molecule has 0 unspecified atom stereocenters. The molecule has 0 spiro atoms. The molecule has 4 aliphatic heterocycles. The highest BCUT2D eigenvalue weighted by molar-refractivity contribution is 8.14. The van der Waals surface area contributed by atoms with Crippen LogP contribution in [0.2, 0.25) is 0 Å². The van der Waals surface area contributed by atoms with Gasteiger partial charge in [-0.25, -0.2) is 4.79 Å². The Balaban J connectivity index is 1.53. The number of rotatable bonds is 1. The Morgan fingerprint density at radius 3 is 2.62 bits per heavy atom. The van der Waals surface area contributed by atoms with Crippen LogP contribution in [0.1, 0.15) is 66.2 Å². The van der Waals surface area contributed by atoms with Gasteiger partial charge in [-0.05, 0) is 52.4 Å². The smallest absolute Gasteiger partial charge is 0.330 e. The average molecular weight is 496 g/mol. The second kappa shape index (κ2) is 10.3. The Bertz CT molecular complexity index is 843. The molecule has 2 bridgehead atoms. The van der Waals surface area contributed by atoms with Gasteiger partial charge in [0.2, 0.25) is 0 Å². The summed E-state index contributed by atoms with van der Waals surface area (Å²) >= 11 is 1.13. The SMILES string of the molecule is C/C1=C/C(=O)O[C@@H]2C[C@@H](CC[C@H](C)C=C[C@@H]3OC(C)(C)O[C@H]3CC1)O[C@@](O)([C@@H]1CSC(=O)N1)C2. The van der Waals surface area contributed by atoms with Gasteiger partial charge in [-0.1, -0.05) is 36.4 Å². The largest absolute Gasteiger partial charge is 0.459 e. The van der Waals surface area contributed by atoms with Gasteiger partial charge in [-0.15, -0.1) is 0 Å². The maximum Gasteiger partial charge on any atom is 0.330 e. The minimum atomic E-state index is -1.57. The lowest BCUT2D eigenvalue weighted by Gasteiger charge is -2.43. The Kier molecular flexibility index (Phi) is 7.79. The molecule has 0 aromatic heterocycles. The molecule has 1 amide bonds. The van der Waals surface area contributed by atoms with Crippen molar-refractivity contribution in [2.24, 2.45) is 5.92 Å². The van der Waals surface area contributed by atoms with Crippen LogP contribution < -0.4 is 5.32 Å². The van der Waals surface area contributed by atoms with Gasteiger partial charge < -0.3 is 29.4 Å². The fraction of sp³-hybridized carbons (Fsp3) is 0.760. The Labute approximate surface area is 205 Å². The number of fused-ring (bicyclic) bond motifs is 3. The number of aliphatic hydroxyl groups is 1. The molecule has 8 nitrogen and oxygen atoms in total. The van der Waals surface area contributed by atoms with E-state index in [1.807, 2.05) is 20.8 Å². The number of esters is 1. The van der Waals surface area contributed by atoms with Gasteiger partial charge in [-0.2, -0.15) is 0 Å². The zero-order valence-electron chi connectivity index (χ0n) is 20.5. The van der Waals surface area contributed by atoms with Crippen molar-refractivity contribution in [1.82, 2.24) is 5.32 Å². The van der Waals surface area contributed by atoms with E-state index in [1.54, 1.807) is 0 Å². The van der Waals surface area contributed by atoms with Gasteiger partial charge in [0, 0.05) is 24.7 Å². The molecule has 9 heteroatoms. The van der Waals surface area contributed by atoms with Crippen LogP contribution in [-0.4, -0.2) is 64.1 Å². The summed E-state index contributed by atoms with van der Waals surface area (Å²) in [6.45, 7) is 7.89. The highest BCUT2D eigenvalue weighted by atomic mass is 32.2. The first-order valence-electron chi connectivity index (χ1n) is 12.3. The van der Waals surface area contributed by atoms with Gasteiger partial charge in [0.15, 0.2) is 11.6 Å². The molecule has 0 aromatic rings. The van der Waals surface area contributed by atoms with Gasteiger partial charge in [0.25, 0.3) is 5.24 Å². The summed E-state index contributed by atoms with van der Waals surface area (Å²) in [5.41, 5.74) is 0.903. The van der Waals surface area contributed by atoms with Crippen LogP contribution in [0, 0.1) is 5.92 Å². The van der Waals surface area contributed by atoms with E-state index in [2.05, 4.69) is 24.4 Å². The number of carbonyl (C=O) groups is 2. The number of allylic oxidation sites excluding steroid dienone is 2. The van der Waals surface area contributed by atoms with Crippen molar-refractivity contribution in [3.8, 4) is 0 Å². The third-order valence-corrected chi connectivity index (χ3v) is 7.78. The third kappa shape index (κ3) is 6.43. The first-order valence-corrected chi connectivity index (χ1v) is 13.2. The van der Waals surface area contributed by atoms with Crippen LogP contribution in [-0.2, 0) is 23.7 Å². The second-order valence-electron chi connectivity index (χ2n) is 10.5. The van der Waals surface area contributed by atoms with Gasteiger partial charge in [0.05, 0.1) is 18.2 Å². The lowest BCUT2D eigenvalue weighted by molar-refractivity contribution is -0.283. The summed E-state index contributed by atoms with van der Waals surface area (Å²) in [6.07, 6.45) is 8.38. The highest BCUT2D eigenvalue weighted by Gasteiger charge is 2.49. The molecular formula is C25H37NO7S. The standard InChI is InChI=1S/C25H37NO7S/c1-15-5-8-17-12-18(13-25(29,31-17)21-14-34-23(28)26-21)30-22(27)11-16(2)7-10-20-19(9-6-15)32-24(3,4)33-20/h6,9,11,15,17-21,29H,5,7-8,10,12-14H2,1-4H3,(H,26,28)/b9-6?,16-11-/t15-,17+,18+,19-,20-,21-,25+/m0/s1. The highest BCUT2D eigenvalue weighted by Crippen LogP contribution is 2.37. The molecule has 0 saturated carbocycles. The average Bonchev–Trinajstić information content (AvgIpc) is 3.30. The number of ether oxygens (including phenoxy) is 4. The van der Waals surface area contributed by atoms with E-state index in [1.165, 1.54) is 6.08 Å². The van der Waals surface area contributed by atoms with Crippen LogP contribution in [0.5, 0.6) is 0 Å². The second-order valence-corrected chi connectivity index (χ2v) is 11.5. The van der Waals surface area contributed by atoms with Crippen molar-refractivity contribution in [2.75, 3.05) is 5.75 Å². The Morgan fingerprint density at radius 2 is 1.88 bits per heavy atom. The summed E-state index contributed by atoms with van der Waals surface area (Å²) in [5, 5.41) is 13.9. The number of carbonyl (C=O) groups excluding carboxylic acids is 2. The van der Waals surface area contributed by atoms with E-state index in [0.717, 1.165) is 30.2 Å². The fourth-order valence-electron chi connectivity index (χ4n) is 5.14. The first kappa shape index (κ1) is 25.7. The maximum atomic E-state index is 12.7. The monoisotopic (exact) mass is 495 g/mol. The van der Waals surface area contributed by atoms with Crippen molar-refractivity contribution < 1.29 is 33.6 Å². The number of amides is 1. The molecular weight excluding hydrogens is 458 g/mol. The van der Waals surface area contributed by atoms with E-state index >= 15 is 0 Å². The quantitative estimate of drug-likeness (QED) is 0.418. The van der Waals surface area contributed by atoms with E-state index in [0.29, 0.717) is 25.0 Å². The topological polar surface area (TPSA) is 103 Å². The maximum absolute atomic E-state index is 12.7. The van der Waals surface area contributed by atoms with Crippen LogP contribution in [0.3, 0.4) is 0 Å². The molecule has 0 radical (unpaired) electrons. The summed E-state index contributed by atoms with van der Waals surface area (Å²) in [5.74, 6) is -1.95. The minimum Gasteiger partial charge on any atom is -0.459 e. The molecule has 3 saturated heterocycles. The third-order valence-electron chi connectivity index (χ3n) is 6.90. The number of hydrogen-bond acceptors (Lipinski definition) is 8. The van der Waals surface area contributed by atoms with Crippen molar-refractivity contribution >= 4 is 23.0 Å². The van der Waals surface area contributed by atoms with Crippen LogP contribution >= 0.6 is 11.8 Å². The van der Waals surface area contributed by atoms with Gasteiger partial charge in [0.1, 0.15) is 12.2 Å². The van der Waals surface area contributed by atoms with Crippen molar-refractivity contribution in [3.63, 3.8) is 0 Å². The zero-order valence-corrected chi connectivity index (χ0v) is 21.3. The normalized spacial score (nSPS) is 42.9. The molecule has 3 fully saturated rings. The van der Waals surface area contributed by atoms with Crippen molar-refractivity contribution in [1.29, 1.82) is 0 Å². The van der Waals surface area contributed by atoms with Gasteiger partial charge >= 0.3 is 5.97 Å². The number of hydrogen-bond donors (Lipinski definition) is 2. The molecule has 4 rings (SSSR count). The van der Waals surface area contributed by atoms with Crippen molar-refractivity contribution in [3.05, 3.63) is 23.8 Å². The van der Waals surface area contributed by atoms with E-state index in [4.69, 9.17) is 18.9 Å². The van der Waals surface area contributed by atoms with Crippen LogP contribution in [0.4, 0.5) is 4.79 Å². The predicted molar refractivity (Wildman–Crippen MR) is 128 cm³/mol. The van der Waals surface area contributed by atoms with Crippen LogP contribution in [0.15, 0.2) is 23.8 Å². The molecule has 2 N–H and O–H groups in total.